The largest absolute Gasteiger partial charge is 0.395 e. The first-order valence-electron chi connectivity index (χ1n) is 10.2. The monoisotopic (exact) mass is 437 g/mol. The second kappa shape index (κ2) is 9.87. The fourth-order valence-corrected chi connectivity index (χ4v) is 3.65. The van der Waals surface area contributed by atoms with Crippen molar-refractivity contribution < 1.29 is 9.90 Å². The molecule has 1 aromatic heterocycles. The number of hydrogen-bond acceptors (Lipinski definition) is 6. The molecule has 7 nitrogen and oxygen atoms in total. The van der Waals surface area contributed by atoms with E-state index in [9.17, 15) is 4.79 Å². The number of carbonyl (C=O) groups excluding carboxylic acids is 1. The third-order valence-electron chi connectivity index (χ3n) is 5.26. The lowest BCUT2D eigenvalue weighted by Gasteiger charge is -2.34. The molecule has 1 fully saturated rings. The van der Waals surface area contributed by atoms with Gasteiger partial charge in [-0.1, -0.05) is 23.7 Å². The van der Waals surface area contributed by atoms with Crippen LogP contribution in [-0.2, 0) is 0 Å². The van der Waals surface area contributed by atoms with Crippen LogP contribution < -0.4 is 5.32 Å². The number of rotatable bonds is 6. The number of aliphatic hydroxyl groups excluding tert-OH is 1. The van der Waals surface area contributed by atoms with Gasteiger partial charge in [-0.15, -0.1) is 0 Å². The molecular formula is C23H24ClN5O2. The fourth-order valence-electron chi connectivity index (χ4n) is 3.52. The van der Waals surface area contributed by atoms with Gasteiger partial charge < -0.3 is 15.3 Å². The summed E-state index contributed by atoms with van der Waals surface area (Å²) in [7, 11) is 0. The van der Waals surface area contributed by atoms with E-state index < -0.39 is 0 Å². The van der Waals surface area contributed by atoms with Crippen LogP contribution in [0, 0.1) is 0 Å². The van der Waals surface area contributed by atoms with Crippen molar-refractivity contribution in [3.63, 3.8) is 0 Å². The zero-order valence-electron chi connectivity index (χ0n) is 17.0. The van der Waals surface area contributed by atoms with Crippen LogP contribution in [0.25, 0.3) is 11.3 Å². The summed E-state index contributed by atoms with van der Waals surface area (Å²) in [5.41, 5.74) is 3.20. The molecule has 0 bridgehead atoms. The predicted octanol–water partition coefficient (Wildman–Crippen LogP) is 3.29. The van der Waals surface area contributed by atoms with Crippen molar-refractivity contribution in [3.8, 4) is 11.3 Å². The van der Waals surface area contributed by atoms with Crippen molar-refractivity contribution in [2.24, 2.45) is 0 Å². The number of nitrogens with zero attached hydrogens (tertiary/aromatic N) is 4. The van der Waals surface area contributed by atoms with E-state index in [-0.39, 0.29) is 12.5 Å². The van der Waals surface area contributed by atoms with Crippen LogP contribution in [0.3, 0.4) is 0 Å². The van der Waals surface area contributed by atoms with E-state index in [1.165, 1.54) is 0 Å². The Kier molecular flexibility index (Phi) is 6.76. The Morgan fingerprint density at radius 3 is 2.39 bits per heavy atom. The minimum absolute atomic E-state index is 0.0242. The summed E-state index contributed by atoms with van der Waals surface area (Å²) >= 11 is 5.96. The van der Waals surface area contributed by atoms with Gasteiger partial charge >= 0.3 is 0 Å². The van der Waals surface area contributed by atoms with Crippen LogP contribution in [0.15, 0.2) is 60.8 Å². The molecule has 8 heteroatoms. The quantitative estimate of drug-likeness (QED) is 0.615. The number of carbonyl (C=O) groups is 1. The minimum Gasteiger partial charge on any atom is -0.395 e. The summed E-state index contributed by atoms with van der Waals surface area (Å²) in [6, 6.07) is 16.7. The molecule has 0 spiro atoms. The second-order valence-corrected chi connectivity index (χ2v) is 7.77. The highest BCUT2D eigenvalue weighted by Gasteiger charge is 2.21. The van der Waals surface area contributed by atoms with E-state index >= 15 is 0 Å². The summed E-state index contributed by atoms with van der Waals surface area (Å²) in [6.45, 7) is 3.72. The Morgan fingerprint density at radius 2 is 1.71 bits per heavy atom. The summed E-state index contributed by atoms with van der Waals surface area (Å²) < 4.78 is 0. The Bertz CT molecular complexity index is 1020. The van der Waals surface area contributed by atoms with Gasteiger partial charge in [0.15, 0.2) is 0 Å². The van der Waals surface area contributed by atoms with Crippen molar-refractivity contribution in [1.29, 1.82) is 0 Å². The van der Waals surface area contributed by atoms with E-state index in [4.69, 9.17) is 16.7 Å². The molecule has 0 atom stereocenters. The van der Waals surface area contributed by atoms with Crippen molar-refractivity contribution in [1.82, 2.24) is 19.8 Å². The fraction of sp³-hybridized carbons (Fsp3) is 0.261. The lowest BCUT2D eigenvalue weighted by atomic mass is 10.1. The van der Waals surface area contributed by atoms with Gasteiger partial charge in [0, 0.05) is 60.8 Å². The number of anilines is 2. The number of piperazine rings is 1. The molecule has 1 aliphatic rings. The van der Waals surface area contributed by atoms with Gasteiger partial charge in [-0.25, -0.2) is 9.97 Å². The van der Waals surface area contributed by atoms with Crippen LogP contribution in [0.5, 0.6) is 0 Å². The van der Waals surface area contributed by atoms with Gasteiger partial charge in [-0.2, -0.15) is 0 Å². The van der Waals surface area contributed by atoms with Crippen molar-refractivity contribution >= 4 is 29.1 Å². The number of aliphatic hydroxyl groups is 1. The topological polar surface area (TPSA) is 81.6 Å². The maximum Gasteiger partial charge on any atom is 0.253 e. The summed E-state index contributed by atoms with van der Waals surface area (Å²) in [5, 5.41) is 12.9. The van der Waals surface area contributed by atoms with Gasteiger partial charge in [0.1, 0.15) is 0 Å². The number of β-amino-alcohol motifs (C(OH)–C–C–N with tert-alkyl or cyclic N) is 1. The zero-order valence-corrected chi connectivity index (χ0v) is 17.8. The molecular weight excluding hydrogens is 414 g/mol. The first-order chi connectivity index (χ1) is 15.1. The van der Waals surface area contributed by atoms with Crippen molar-refractivity contribution in [3.05, 3.63) is 71.4 Å². The third-order valence-corrected chi connectivity index (χ3v) is 5.51. The average molecular weight is 438 g/mol. The van der Waals surface area contributed by atoms with Gasteiger partial charge in [0.2, 0.25) is 5.95 Å². The van der Waals surface area contributed by atoms with Crippen LogP contribution in [0.1, 0.15) is 10.4 Å². The standard InChI is InChI=1S/C23H24ClN5O2/c24-19-5-1-17(2-6-19)21-9-10-25-23(27-21)26-20-7-3-18(4-8-20)22(31)29-13-11-28(12-14-29)15-16-30/h1-10,30H,11-16H2,(H,25,26,27). The van der Waals surface area contributed by atoms with Gasteiger partial charge in [-0.3, -0.25) is 9.69 Å². The van der Waals surface area contributed by atoms with Crippen LogP contribution in [-0.4, -0.2) is 70.1 Å². The Hall–Kier alpha value is -3.00. The highest BCUT2D eigenvalue weighted by Crippen LogP contribution is 2.22. The van der Waals surface area contributed by atoms with E-state index in [2.05, 4.69) is 20.2 Å². The molecule has 0 radical (unpaired) electrons. The summed E-state index contributed by atoms with van der Waals surface area (Å²) in [6.07, 6.45) is 1.70. The second-order valence-electron chi connectivity index (χ2n) is 7.33. The SMILES string of the molecule is O=C(c1ccc(Nc2nccc(-c3ccc(Cl)cc3)n2)cc1)N1CCN(CCO)CC1. The first kappa shape index (κ1) is 21.2. The summed E-state index contributed by atoms with van der Waals surface area (Å²) in [4.78, 5) is 25.6. The first-order valence-corrected chi connectivity index (χ1v) is 10.6. The Morgan fingerprint density at radius 1 is 1.00 bits per heavy atom. The Labute approximate surface area is 186 Å². The minimum atomic E-state index is 0.0242. The molecule has 0 unspecified atom stereocenters. The number of hydrogen-bond donors (Lipinski definition) is 2. The maximum atomic E-state index is 12.8. The molecule has 0 saturated carbocycles. The van der Waals surface area contributed by atoms with Crippen LogP contribution >= 0.6 is 11.6 Å². The Balaban J connectivity index is 1.39. The third kappa shape index (κ3) is 5.38. The molecule has 3 aromatic rings. The highest BCUT2D eigenvalue weighted by atomic mass is 35.5. The molecule has 1 amide bonds. The predicted molar refractivity (Wildman–Crippen MR) is 122 cm³/mol. The van der Waals surface area contributed by atoms with Gasteiger partial charge in [0.05, 0.1) is 12.3 Å². The van der Waals surface area contributed by atoms with Crippen molar-refractivity contribution in [2.45, 2.75) is 0 Å². The van der Waals surface area contributed by atoms with Crippen LogP contribution in [0.2, 0.25) is 5.02 Å². The number of amides is 1. The maximum absolute atomic E-state index is 12.8. The molecule has 1 aliphatic heterocycles. The number of aromatic nitrogens is 2. The van der Waals surface area contributed by atoms with E-state index in [1.54, 1.807) is 6.20 Å². The van der Waals surface area contributed by atoms with E-state index in [1.807, 2.05) is 59.5 Å². The molecule has 2 heterocycles. The molecule has 31 heavy (non-hydrogen) atoms. The lowest BCUT2D eigenvalue weighted by Crippen LogP contribution is -2.49. The smallest absolute Gasteiger partial charge is 0.253 e. The highest BCUT2D eigenvalue weighted by molar-refractivity contribution is 6.30. The summed E-state index contributed by atoms with van der Waals surface area (Å²) in [5.74, 6) is 0.503. The lowest BCUT2D eigenvalue weighted by molar-refractivity contribution is 0.0615. The van der Waals surface area contributed by atoms with Gasteiger partial charge in [0.25, 0.3) is 5.91 Å². The average Bonchev–Trinajstić information content (AvgIpc) is 2.81. The zero-order chi connectivity index (χ0) is 21.6. The van der Waals surface area contributed by atoms with Gasteiger partial charge in [-0.05, 0) is 42.5 Å². The molecule has 2 N–H and O–H groups in total. The number of halogens is 1. The molecule has 0 aliphatic carbocycles. The number of benzene rings is 2. The molecule has 4 rings (SSSR count). The molecule has 160 valence electrons. The van der Waals surface area contributed by atoms with Crippen molar-refractivity contribution in [2.75, 3.05) is 44.6 Å². The van der Waals surface area contributed by atoms with E-state index in [0.29, 0.717) is 36.2 Å². The molecule has 1 saturated heterocycles. The van der Waals surface area contributed by atoms with Crippen LogP contribution in [0.4, 0.5) is 11.6 Å². The van der Waals surface area contributed by atoms with E-state index in [0.717, 1.165) is 30.0 Å². The molecule has 2 aromatic carbocycles. The number of nitrogens with one attached hydrogen (secondary N) is 1. The normalized spacial score (nSPS) is 14.5.